The normalized spacial score (nSPS) is 29.2. The number of hydrogen-bond acceptors (Lipinski definition) is 14. The fourth-order valence-electron chi connectivity index (χ4n) is 11.0. The van der Waals surface area contributed by atoms with Crippen LogP contribution in [-0.4, -0.2) is 174 Å². The zero-order valence-electron chi connectivity index (χ0n) is 43.7. The number of aliphatic imine (C=N–C) groups is 1. The SMILES string of the molecule is CCCCN1C(=O)[C@@H]2C[C@@]3(CN2C(=O)[C@@]12C[C@@H](C(C)=O)N(C(=O)OC(C)(C)C)C2)NC(=O)C1C[C@@](NC(=O)[C@H](CN=C(CC(C)C)C2=C(O)CC(C)(C)CC2=O)NC(=O)OC(C)(C)C)(C(C)=O)CN1C3=O. The number of nitrogens with zero attached hydrogens (tertiary/aromatic N) is 5. The van der Waals surface area contributed by atoms with Gasteiger partial charge in [0.1, 0.15) is 51.7 Å². The van der Waals surface area contributed by atoms with Gasteiger partial charge in [-0.3, -0.25) is 48.2 Å². The maximum Gasteiger partial charge on any atom is 0.411 e. The third-order valence-electron chi connectivity index (χ3n) is 14.2. The third kappa shape index (κ3) is 10.8. The molecule has 7 atom stereocenters. The number of piperazine rings is 2. The van der Waals surface area contributed by atoms with Crippen molar-refractivity contribution < 1.29 is 62.5 Å². The van der Waals surface area contributed by atoms with Gasteiger partial charge in [0.05, 0.1) is 37.8 Å². The molecular formula is C50H74N8O13. The molecule has 0 saturated carbocycles. The van der Waals surface area contributed by atoms with Crippen LogP contribution in [-0.2, 0) is 47.8 Å². The van der Waals surface area contributed by atoms with E-state index in [2.05, 4.69) is 20.9 Å². The predicted octanol–water partition coefficient (Wildman–Crippen LogP) is 3.06. The fraction of sp³-hybridized carbons (Fsp3) is 0.740. The number of aliphatic hydroxyl groups is 1. The van der Waals surface area contributed by atoms with Gasteiger partial charge < -0.3 is 45.2 Å². The van der Waals surface area contributed by atoms with Crippen LogP contribution in [0.4, 0.5) is 9.59 Å². The van der Waals surface area contributed by atoms with Crippen molar-refractivity contribution in [2.75, 3.05) is 32.7 Å². The first-order valence-electron chi connectivity index (χ1n) is 24.8. The van der Waals surface area contributed by atoms with Crippen LogP contribution < -0.4 is 16.0 Å². The van der Waals surface area contributed by atoms with Crippen molar-refractivity contribution in [3.63, 3.8) is 0 Å². The minimum Gasteiger partial charge on any atom is -0.511 e. The van der Waals surface area contributed by atoms with Crippen LogP contribution in [0.3, 0.4) is 0 Å². The number of carbonyl (C=O) groups excluding carboxylic acids is 10. The Hall–Kier alpha value is -5.89. The van der Waals surface area contributed by atoms with E-state index in [1.807, 2.05) is 34.6 Å². The van der Waals surface area contributed by atoms with E-state index >= 15 is 4.79 Å². The quantitative estimate of drug-likeness (QED) is 0.194. The fourth-order valence-corrected chi connectivity index (χ4v) is 11.0. The maximum absolute atomic E-state index is 15.1. The summed E-state index contributed by atoms with van der Waals surface area (Å²) in [4.78, 5) is 151. The van der Waals surface area contributed by atoms with E-state index in [9.17, 15) is 48.3 Å². The summed E-state index contributed by atoms with van der Waals surface area (Å²) in [5.41, 5.74) is -7.51. The monoisotopic (exact) mass is 995 g/mol. The number of Topliss-reactive ketones (excluding diaryl/α,β-unsaturated/α-hetero) is 3. The zero-order valence-corrected chi connectivity index (χ0v) is 43.7. The van der Waals surface area contributed by atoms with Crippen LogP contribution in [0.1, 0.15) is 141 Å². The minimum absolute atomic E-state index is 0.0407. The highest BCUT2D eigenvalue weighted by Crippen LogP contribution is 2.46. The average molecular weight is 995 g/mol. The molecule has 21 nitrogen and oxygen atoms in total. The third-order valence-corrected chi connectivity index (χ3v) is 14.2. The molecule has 5 aliphatic heterocycles. The molecule has 21 heteroatoms. The number of aliphatic hydroxyl groups excluding tert-OH is 1. The van der Waals surface area contributed by atoms with E-state index in [0.717, 1.165) is 0 Å². The molecule has 6 rings (SSSR count). The Morgan fingerprint density at radius 2 is 1.49 bits per heavy atom. The van der Waals surface area contributed by atoms with Crippen molar-refractivity contribution in [1.82, 2.24) is 35.6 Å². The molecule has 71 heavy (non-hydrogen) atoms. The Kier molecular flexibility index (Phi) is 14.8. The molecule has 1 aliphatic carbocycles. The summed E-state index contributed by atoms with van der Waals surface area (Å²) in [5, 5.41) is 19.2. The summed E-state index contributed by atoms with van der Waals surface area (Å²) in [6.45, 7) is 20.2. The molecular weight excluding hydrogens is 921 g/mol. The second-order valence-electron chi connectivity index (χ2n) is 23.7. The molecule has 0 aromatic carbocycles. The zero-order chi connectivity index (χ0) is 53.1. The topological polar surface area (TPSA) is 271 Å². The molecule has 1 unspecified atom stereocenters. The van der Waals surface area contributed by atoms with Gasteiger partial charge >= 0.3 is 12.2 Å². The number of hydrogen-bond donors (Lipinski definition) is 4. The lowest BCUT2D eigenvalue weighted by atomic mass is 9.75. The molecule has 7 amide bonds. The van der Waals surface area contributed by atoms with Gasteiger partial charge in [-0.2, -0.15) is 0 Å². The number of alkyl carbamates (subject to hydrolysis) is 1. The van der Waals surface area contributed by atoms with Gasteiger partial charge in [0.2, 0.25) is 17.7 Å². The van der Waals surface area contributed by atoms with Gasteiger partial charge in [0, 0.05) is 44.4 Å². The number of likely N-dealkylation sites (tertiary alicyclic amines) is 1. The number of carbonyl (C=O) groups is 10. The number of nitrogens with one attached hydrogen (secondary N) is 3. The number of fused-ring (bicyclic) bond motifs is 2. The van der Waals surface area contributed by atoms with Gasteiger partial charge in [-0.15, -0.1) is 0 Å². The molecule has 4 N–H and O–H groups in total. The molecule has 6 aliphatic rings. The van der Waals surface area contributed by atoms with Gasteiger partial charge in [-0.1, -0.05) is 41.0 Å². The van der Waals surface area contributed by atoms with Crippen molar-refractivity contribution in [1.29, 1.82) is 0 Å². The number of ketones is 3. The Bertz CT molecular complexity index is 2350. The van der Waals surface area contributed by atoms with E-state index in [0.29, 0.717) is 12.8 Å². The lowest BCUT2D eigenvalue weighted by molar-refractivity contribution is -0.168. The minimum atomic E-state index is -1.88. The summed E-state index contributed by atoms with van der Waals surface area (Å²) < 4.78 is 11.1. The standard InChI is InChI=1S/C50H74N8O13/c1-14-15-16-58-40(65)34-19-49(25-56(34)42(67)50(58)20-32(28(4)59)57(26-50)44(69)71-46(9,10)11)41(66)55-24-48(29(5)60,18-33(55)39(64)54-49)53-38(63)31(52-43(68)70-45(6,7)8)23-51-30(17-27(2)3)37-35(61)21-47(12,13)22-36(37)62/h27,31-34,61H,14-26H2,1-13H3,(H,52,68)(H,53,63)(H,54,64)/t31-,32-,33?,34-,48-,49-,50-/m0/s1. The van der Waals surface area contributed by atoms with Crippen LogP contribution in [0.2, 0.25) is 0 Å². The van der Waals surface area contributed by atoms with Crippen molar-refractivity contribution >= 4 is 64.8 Å². The number of unbranched alkanes of at least 4 members (excludes halogenated alkanes) is 1. The molecule has 5 heterocycles. The number of allylic oxidation sites excluding steroid dienone is 2. The Balaban J connectivity index is 1.30. The maximum atomic E-state index is 15.1. The average Bonchev–Trinajstić information content (AvgIpc) is 3.93. The van der Waals surface area contributed by atoms with E-state index in [1.54, 1.807) is 41.5 Å². The van der Waals surface area contributed by atoms with Crippen LogP contribution in [0.25, 0.3) is 0 Å². The molecule has 0 aromatic heterocycles. The van der Waals surface area contributed by atoms with Crippen molar-refractivity contribution in [3.8, 4) is 0 Å². The number of amides is 7. The van der Waals surface area contributed by atoms with E-state index in [1.165, 1.54) is 33.4 Å². The van der Waals surface area contributed by atoms with E-state index < -0.39 is 130 Å². The Labute approximate surface area is 415 Å². The van der Waals surface area contributed by atoms with Crippen LogP contribution in [0.5, 0.6) is 0 Å². The molecule has 0 radical (unpaired) electrons. The number of rotatable bonds is 13. The summed E-state index contributed by atoms with van der Waals surface area (Å²) in [7, 11) is 0. The molecule has 0 bridgehead atoms. The second-order valence-corrected chi connectivity index (χ2v) is 23.7. The first-order chi connectivity index (χ1) is 32.7. The van der Waals surface area contributed by atoms with Crippen molar-refractivity contribution in [2.45, 2.75) is 193 Å². The highest BCUT2D eigenvalue weighted by Gasteiger charge is 2.70. The van der Waals surface area contributed by atoms with Gasteiger partial charge in [-0.05, 0) is 79.6 Å². The van der Waals surface area contributed by atoms with Crippen molar-refractivity contribution in [3.05, 3.63) is 11.3 Å². The van der Waals surface area contributed by atoms with Crippen molar-refractivity contribution in [2.24, 2.45) is 16.3 Å². The van der Waals surface area contributed by atoms with E-state index in [-0.39, 0.29) is 80.4 Å². The number of ether oxygens (including phenoxy) is 2. The molecule has 392 valence electrons. The lowest BCUT2D eigenvalue weighted by Gasteiger charge is -2.48. The smallest absolute Gasteiger partial charge is 0.411 e. The summed E-state index contributed by atoms with van der Waals surface area (Å²) in [6, 6.07) is -5.09. The van der Waals surface area contributed by atoms with Crippen LogP contribution >= 0.6 is 0 Å². The van der Waals surface area contributed by atoms with E-state index in [4.69, 9.17) is 9.47 Å². The molecule has 0 aromatic rings. The van der Waals surface area contributed by atoms with Gasteiger partial charge in [0.15, 0.2) is 17.3 Å². The first kappa shape index (κ1) is 54.4. The second kappa shape index (κ2) is 19.3. The van der Waals surface area contributed by atoms with Crippen LogP contribution in [0.15, 0.2) is 16.3 Å². The predicted molar refractivity (Wildman–Crippen MR) is 257 cm³/mol. The Morgan fingerprint density at radius 1 is 0.859 bits per heavy atom. The van der Waals surface area contributed by atoms with Gasteiger partial charge in [0.25, 0.3) is 11.8 Å². The van der Waals surface area contributed by atoms with Crippen LogP contribution in [0, 0.1) is 11.3 Å². The summed E-state index contributed by atoms with van der Waals surface area (Å²) in [5.74, 6) is -4.89. The highest BCUT2D eigenvalue weighted by atomic mass is 16.6. The molecule has 5 saturated heterocycles. The largest absolute Gasteiger partial charge is 0.511 e. The summed E-state index contributed by atoms with van der Waals surface area (Å²) >= 11 is 0. The lowest BCUT2D eigenvalue weighted by Crippen LogP contribution is -2.72. The summed E-state index contributed by atoms with van der Waals surface area (Å²) in [6.07, 6.45) is -0.940. The Morgan fingerprint density at radius 3 is 2.06 bits per heavy atom. The molecule has 5 fully saturated rings. The molecule has 2 spiro atoms. The van der Waals surface area contributed by atoms with Gasteiger partial charge in [-0.25, -0.2) is 9.59 Å². The first-order valence-corrected chi connectivity index (χ1v) is 24.8. The highest BCUT2D eigenvalue weighted by molar-refractivity contribution is 6.23.